The molecule has 0 N–H and O–H groups in total. The van der Waals surface area contributed by atoms with Crippen molar-refractivity contribution in [2.75, 3.05) is 0 Å². The van der Waals surface area contributed by atoms with Crippen LogP contribution in [-0.4, -0.2) is 0 Å². The second-order valence-electron chi connectivity index (χ2n) is 12.3. The molecule has 1 aliphatic carbocycles. The van der Waals surface area contributed by atoms with Crippen LogP contribution in [0.25, 0.3) is 6.08 Å². The van der Waals surface area contributed by atoms with Crippen LogP contribution in [0.4, 0.5) is 0 Å². The monoisotopic (exact) mass is 842 g/mol. The van der Waals surface area contributed by atoms with Crippen LogP contribution in [0.1, 0.15) is 16.7 Å². The Morgan fingerprint density at radius 2 is 0.554 bits per heavy atom. The molecular weight excluding hydrogens is 800 g/mol. The zero-order chi connectivity index (χ0) is 37.8. The zero-order valence-electron chi connectivity index (χ0n) is 31.0. The van der Waals surface area contributed by atoms with Crippen LogP contribution >= 0.6 is 15.8 Å². The van der Waals surface area contributed by atoms with Crippen molar-refractivity contribution in [3.8, 4) is 5.92 Å². The molecule has 56 heavy (non-hydrogen) atoms. The minimum atomic E-state index is -0.446. The Labute approximate surface area is 349 Å². The summed E-state index contributed by atoms with van der Waals surface area (Å²) in [6.07, 6.45) is 13.0. The van der Waals surface area contributed by atoms with Gasteiger partial charge in [-0.05, 0) is 58.8 Å². The molecule has 272 valence electrons. The quantitative estimate of drug-likeness (QED) is 0.0677. The third kappa shape index (κ3) is 12.5. The predicted octanol–water partition coefficient (Wildman–Crippen LogP) is 10.8. The molecule has 0 aromatic heterocycles. The Balaban J connectivity index is 0.000000151. The standard InChI is InChI=1S/2C18H15P.C9H7.C8H5.Ru/c2*1-4-10-16(11-5-1)19(17-12-6-2-7-13-17)18-14-8-3-9-15-18;1-2-5-9-7-3-6-8(9)4-1;1-2-8-6-4-3-5-7-8;/h2*1-15H;1-7H;3-7H;/q;;;-1;+1. The van der Waals surface area contributed by atoms with Gasteiger partial charge in [0.25, 0.3) is 0 Å². The molecule has 0 bridgehead atoms. The molecule has 9 rings (SSSR count). The summed E-state index contributed by atoms with van der Waals surface area (Å²) in [6.45, 7) is 0. The van der Waals surface area contributed by atoms with Crippen LogP contribution in [-0.2, 0) is 19.5 Å². The van der Waals surface area contributed by atoms with E-state index in [-0.39, 0.29) is 19.5 Å². The summed E-state index contributed by atoms with van der Waals surface area (Å²) < 4.78 is 0. The summed E-state index contributed by atoms with van der Waals surface area (Å²) in [6, 6.07) is 82.4. The van der Waals surface area contributed by atoms with Gasteiger partial charge in [-0.15, -0.1) is 17.7 Å². The van der Waals surface area contributed by atoms with Crippen molar-refractivity contribution in [1.82, 2.24) is 0 Å². The first-order chi connectivity index (χ1) is 27.3. The zero-order valence-corrected chi connectivity index (χ0v) is 34.5. The second kappa shape index (κ2) is 23.5. The molecule has 0 amide bonds. The molecule has 0 atom stereocenters. The van der Waals surface area contributed by atoms with Crippen molar-refractivity contribution in [3.63, 3.8) is 0 Å². The molecule has 0 saturated heterocycles. The van der Waals surface area contributed by atoms with E-state index in [0.29, 0.717) is 0 Å². The minimum Gasteiger partial charge on any atom is -0.366 e. The Morgan fingerprint density at radius 1 is 0.304 bits per heavy atom. The van der Waals surface area contributed by atoms with E-state index in [0.717, 1.165) is 5.56 Å². The number of allylic oxidation sites excluding steroid dienone is 1. The van der Waals surface area contributed by atoms with Crippen molar-refractivity contribution in [2.24, 2.45) is 0 Å². The van der Waals surface area contributed by atoms with E-state index in [1.54, 1.807) is 0 Å². The summed E-state index contributed by atoms with van der Waals surface area (Å²) in [5, 5.41) is 8.39. The molecule has 8 aromatic carbocycles. The van der Waals surface area contributed by atoms with Crippen molar-refractivity contribution in [2.45, 2.75) is 0 Å². The Bertz CT molecular complexity index is 2020. The molecule has 0 saturated carbocycles. The van der Waals surface area contributed by atoms with Crippen LogP contribution in [0.2, 0.25) is 0 Å². The summed E-state index contributed by atoms with van der Waals surface area (Å²) in [4.78, 5) is 0. The van der Waals surface area contributed by atoms with E-state index in [1.165, 1.54) is 43.0 Å². The molecule has 1 aliphatic rings. The van der Waals surface area contributed by atoms with Crippen LogP contribution in [0.3, 0.4) is 0 Å². The van der Waals surface area contributed by atoms with Gasteiger partial charge in [0.1, 0.15) is 0 Å². The van der Waals surface area contributed by atoms with E-state index in [9.17, 15) is 0 Å². The fraction of sp³-hybridized carbons (Fsp3) is 0. The summed E-state index contributed by atoms with van der Waals surface area (Å²) in [5.74, 6) is 2.28. The van der Waals surface area contributed by atoms with Gasteiger partial charge in [0.2, 0.25) is 0 Å². The topological polar surface area (TPSA) is 0 Å². The summed E-state index contributed by atoms with van der Waals surface area (Å²) >= 11 is 0. The van der Waals surface area contributed by atoms with Gasteiger partial charge in [-0.25, -0.2) is 0 Å². The van der Waals surface area contributed by atoms with Crippen molar-refractivity contribution >= 4 is 53.7 Å². The van der Waals surface area contributed by atoms with E-state index < -0.39 is 15.8 Å². The predicted molar refractivity (Wildman–Crippen MR) is 242 cm³/mol. The van der Waals surface area contributed by atoms with E-state index in [2.05, 4.69) is 231 Å². The maximum absolute atomic E-state index is 6.69. The largest absolute Gasteiger partial charge is 1.00 e. The van der Waals surface area contributed by atoms with E-state index >= 15 is 0 Å². The molecule has 0 spiro atoms. The molecule has 8 aromatic rings. The molecule has 3 heteroatoms. The number of rotatable bonds is 6. The van der Waals surface area contributed by atoms with Gasteiger partial charge in [0.05, 0.1) is 0 Å². The van der Waals surface area contributed by atoms with Gasteiger partial charge in [0.15, 0.2) is 0 Å². The Kier molecular flexibility index (Phi) is 17.5. The first-order valence-electron chi connectivity index (χ1n) is 18.3. The fourth-order valence-electron chi connectivity index (χ4n) is 5.95. The van der Waals surface area contributed by atoms with Crippen molar-refractivity contribution in [1.29, 1.82) is 0 Å². The number of fused-ring (bicyclic) bond motifs is 1. The smallest absolute Gasteiger partial charge is 0.366 e. The van der Waals surface area contributed by atoms with Crippen LogP contribution in [0, 0.1) is 18.8 Å². The van der Waals surface area contributed by atoms with Gasteiger partial charge in [0, 0.05) is 6.42 Å². The Morgan fingerprint density at radius 3 is 0.804 bits per heavy atom. The molecule has 0 nitrogen and oxygen atoms in total. The summed E-state index contributed by atoms with van der Waals surface area (Å²) in [7, 11) is -0.892. The number of benzene rings is 8. The molecule has 0 fully saturated rings. The third-order valence-electron chi connectivity index (χ3n) is 8.55. The average Bonchev–Trinajstić information content (AvgIpc) is 3.77. The van der Waals surface area contributed by atoms with Gasteiger partial charge in [-0.2, -0.15) is 0 Å². The Hall–Kier alpha value is -5.46. The maximum atomic E-state index is 6.69. The average molecular weight is 842 g/mol. The SMILES string of the molecule is [C-]#Cc1ccccc1.[CH]1C=Cc2ccccc21.[Ru+].c1ccc(P(c2ccccc2)c2ccccc2)cc1.c1ccc(P(c2ccccc2)c2ccccc2)cc1. The fourth-order valence-corrected chi connectivity index (χ4v) is 10.6. The van der Waals surface area contributed by atoms with Crippen LogP contribution in [0.5, 0.6) is 0 Å². The molecule has 0 heterocycles. The first-order valence-corrected chi connectivity index (χ1v) is 21.0. The van der Waals surface area contributed by atoms with Crippen LogP contribution < -0.4 is 31.8 Å². The minimum absolute atomic E-state index is 0. The molecule has 0 aliphatic heterocycles. The molecular formula is C53H42P2Ru. The summed E-state index contributed by atoms with van der Waals surface area (Å²) in [5.41, 5.74) is 3.49. The van der Waals surface area contributed by atoms with E-state index in [1.807, 2.05) is 30.3 Å². The van der Waals surface area contributed by atoms with Crippen molar-refractivity contribution < 1.29 is 19.5 Å². The molecule has 2 radical (unpaired) electrons. The van der Waals surface area contributed by atoms with Gasteiger partial charge < -0.3 is 6.42 Å². The molecule has 0 unspecified atom stereocenters. The van der Waals surface area contributed by atoms with Crippen molar-refractivity contribution in [3.05, 3.63) is 272 Å². The van der Waals surface area contributed by atoms with Crippen LogP contribution in [0.15, 0.2) is 243 Å². The van der Waals surface area contributed by atoms with Gasteiger partial charge in [-0.1, -0.05) is 237 Å². The second-order valence-corrected chi connectivity index (χ2v) is 16.8. The first kappa shape index (κ1) is 41.7. The maximum Gasteiger partial charge on any atom is 1.00 e. The number of hydrogen-bond acceptors (Lipinski definition) is 0. The van der Waals surface area contributed by atoms with Gasteiger partial charge in [-0.3, -0.25) is 5.92 Å². The van der Waals surface area contributed by atoms with E-state index in [4.69, 9.17) is 6.42 Å². The van der Waals surface area contributed by atoms with Gasteiger partial charge >= 0.3 is 19.5 Å². The third-order valence-corrected chi connectivity index (χ3v) is 13.4. The number of hydrogen-bond donors (Lipinski definition) is 0. The normalized spacial score (nSPS) is 10.5.